The van der Waals surface area contributed by atoms with Crippen molar-refractivity contribution in [3.63, 3.8) is 0 Å². The van der Waals surface area contributed by atoms with E-state index in [1.807, 2.05) is 0 Å². The number of piperidine rings is 1. The van der Waals surface area contributed by atoms with Crippen molar-refractivity contribution in [3.8, 4) is 0 Å². The summed E-state index contributed by atoms with van der Waals surface area (Å²) in [6.45, 7) is 2.39. The van der Waals surface area contributed by atoms with E-state index in [-0.39, 0.29) is 0 Å². The van der Waals surface area contributed by atoms with Crippen molar-refractivity contribution in [1.29, 1.82) is 0 Å². The summed E-state index contributed by atoms with van der Waals surface area (Å²) in [6, 6.07) is 8.07. The topological polar surface area (TPSA) is 15.3 Å². The number of halogens is 1. The molecule has 1 N–H and O–H groups in total. The van der Waals surface area contributed by atoms with E-state index in [4.69, 9.17) is 0 Å². The summed E-state index contributed by atoms with van der Waals surface area (Å²) in [5, 5.41) is 3.38. The van der Waals surface area contributed by atoms with Gasteiger partial charge in [-0.3, -0.25) is 4.90 Å². The second-order valence-corrected chi connectivity index (χ2v) is 6.66. The Morgan fingerprint density at radius 1 is 1.32 bits per heavy atom. The first kappa shape index (κ1) is 13.6. The highest BCUT2D eigenvalue weighted by Gasteiger charge is 2.33. The van der Waals surface area contributed by atoms with Crippen LogP contribution in [0.2, 0.25) is 0 Å². The third-order valence-electron chi connectivity index (χ3n) is 4.69. The molecule has 19 heavy (non-hydrogen) atoms. The highest BCUT2D eigenvalue weighted by atomic mass is 79.9. The lowest BCUT2D eigenvalue weighted by Gasteiger charge is -2.40. The predicted octanol–water partition coefficient (Wildman–Crippen LogP) is 3.51. The van der Waals surface area contributed by atoms with E-state index in [0.717, 1.165) is 6.54 Å². The second kappa shape index (κ2) is 5.94. The first-order valence-electron chi connectivity index (χ1n) is 7.49. The molecule has 0 radical (unpaired) electrons. The zero-order valence-corrected chi connectivity index (χ0v) is 13.2. The van der Waals surface area contributed by atoms with Gasteiger partial charge in [0.25, 0.3) is 0 Å². The molecule has 0 bridgehead atoms. The smallest absolute Gasteiger partial charge is 0.0357 e. The van der Waals surface area contributed by atoms with Gasteiger partial charge in [0.15, 0.2) is 0 Å². The summed E-state index contributed by atoms with van der Waals surface area (Å²) >= 11 is 3.71. The average molecular weight is 323 g/mol. The van der Waals surface area contributed by atoms with Gasteiger partial charge in [-0.25, -0.2) is 0 Å². The third-order valence-corrected chi connectivity index (χ3v) is 5.44. The molecule has 3 rings (SSSR count). The lowest BCUT2D eigenvalue weighted by molar-refractivity contribution is 0.0946. The van der Waals surface area contributed by atoms with E-state index in [2.05, 4.69) is 51.4 Å². The number of rotatable bonds is 3. The number of benzene rings is 1. The standard InChI is InChI=1S/C16H23BrN2/c1-18-11-12-5-2-3-10-19(12)16-9-8-13-14(16)6-4-7-15(13)17/h4,6-7,12,16,18H,2-3,5,8-11H2,1H3. The quantitative estimate of drug-likeness (QED) is 0.916. The highest BCUT2D eigenvalue weighted by molar-refractivity contribution is 9.10. The van der Waals surface area contributed by atoms with Gasteiger partial charge in [-0.1, -0.05) is 34.5 Å². The summed E-state index contributed by atoms with van der Waals surface area (Å²) in [6.07, 6.45) is 6.62. The molecule has 0 aromatic heterocycles. The molecule has 0 amide bonds. The molecule has 3 heteroatoms. The molecule has 1 saturated heterocycles. The number of hydrogen-bond acceptors (Lipinski definition) is 2. The van der Waals surface area contributed by atoms with Crippen LogP contribution in [0.25, 0.3) is 0 Å². The molecular weight excluding hydrogens is 300 g/mol. The van der Waals surface area contributed by atoms with E-state index in [1.54, 1.807) is 11.1 Å². The molecule has 1 aliphatic heterocycles. The van der Waals surface area contributed by atoms with Gasteiger partial charge in [0.1, 0.15) is 0 Å². The van der Waals surface area contributed by atoms with Gasteiger partial charge in [0.2, 0.25) is 0 Å². The van der Waals surface area contributed by atoms with Crippen LogP contribution in [0.3, 0.4) is 0 Å². The molecule has 2 atom stereocenters. The molecule has 0 spiro atoms. The van der Waals surface area contributed by atoms with E-state index in [9.17, 15) is 0 Å². The van der Waals surface area contributed by atoms with Crippen LogP contribution in [0, 0.1) is 0 Å². The lowest BCUT2D eigenvalue weighted by atomic mass is 9.97. The van der Waals surface area contributed by atoms with Crippen molar-refractivity contribution in [3.05, 3.63) is 33.8 Å². The van der Waals surface area contributed by atoms with Crippen molar-refractivity contribution in [2.45, 2.75) is 44.2 Å². The first-order valence-corrected chi connectivity index (χ1v) is 8.28. The van der Waals surface area contributed by atoms with Crippen LogP contribution in [0.5, 0.6) is 0 Å². The zero-order chi connectivity index (χ0) is 13.2. The fourth-order valence-corrected chi connectivity index (χ4v) is 4.40. The molecule has 1 heterocycles. The first-order chi connectivity index (χ1) is 9.31. The van der Waals surface area contributed by atoms with Crippen molar-refractivity contribution in [2.75, 3.05) is 20.1 Å². The Morgan fingerprint density at radius 2 is 2.21 bits per heavy atom. The SMILES string of the molecule is CNCC1CCCCN1C1CCc2c(Br)cccc21. The summed E-state index contributed by atoms with van der Waals surface area (Å²) < 4.78 is 1.30. The van der Waals surface area contributed by atoms with Crippen LogP contribution in [0.4, 0.5) is 0 Å². The summed E-state index contributed by atoms with van der Waals surface area (Å²) in [5.41, 5.74) is 3.11. The molecule has 2 aliphatic rings. The van der Waals surface area contributed by atoms with Crippen molar-refractivity contribution in [1.82, 2.24) is 10.2 Å². The summed E-state index contributed by atoms with van der Waals surface area (Å²) in [7, 11) is 2.08. The molecule has 104 valence electrons. The Morgan fingerprint density at radius 3 is 3.05 bits per heavy atom. The Kier molecular flexibility index (Phi) is 4.25. The van der Waals surface area contributed by atoms with Crippen LogP contribution in [-0.2, 0) is 6.42 Å². The Hall–Kier alpha value is -0.380. The Bertz CT molecular complexity index is 444. The lowest BCUT2D eigenvalue weighted by Crippen LogP contribution is -2.46. The Balaban J connectivity index is 1.85. The zero-order valence-electron chi connectivity index (χ0n) is 11.7. The van der Waals surface area contributed by atoms with Crippen LogP contribution in [-0.4, -0.2) is 31.1 Å². The van der Waals surface area contributed by atoms with E-state index >= 15 is 0 Å². The summed E-state index contributed by atoms with van der Waals surface area (Å²) in [5.74, 6) is 0. The molecule has 1 fully saturated rings. The highest BCUT2D eigenvalue weighted by Crippen LogP contribution is 2.41. The van der Waals surface area contributed by atoms with Crippen LogP contribution < -0.4 is 5.32 Å². The molecule has 2 unspecified atom stereocenters. The van der Waals surface area contributed by atoms with Crippen molar-refractivity contribution < 1.29 is 0 Å². The fourth-order valence-electron chi connectivity index (χ4n) is 3.82. The van der Waals surface area contributed by atoms with Crippen LogP contribution in [0.1, 0.15) is 42.9 Å². The monoisotopic (exact) mass is 322 g/mol. The molecule has 2 nitrogen and oxygen atoms in total. The van der Waals surface area contributed by atoms with Gasteiger partial charge in [0.05, 0.1) is 0 Å². The number of hydrogen-bond donors (Lipinski definition) is 1. The van der Waals surface area contributed by atoms with Crippen molar-refractivity contribution in [2.24, 2.45) is 0 Å². The van der Waals surface area contributed by atoms with Gasteiger partial charge in [-0.15, -0.1) is 0 Å². The van der Waals surface area contributed by atoms with E-state index in [0.29, 0.717) is 12.1 Å². The number of nitrogens with zero attached hydrogens (tertiary/aromatic N) is 1. The maximum Gasteiger partial charge on any atom is 0.0357 e. The fraction of sp³-hybridized carbons (Fsp3) is 0.625. The van der Waals surface area contributed by atoms with Crippen LogP contribution >= 0.6 is 15.9 Å². The molecule has 1 aromatic carbocycles. The average Bonchev–Trinajstić information content (AvgIpc) is 2.85. The van der Waals surface area contributed by atoms with Gasteiger partial charge in [-0.05, 0) is 56.5 Å². The minimum atomic E-state index is 0.645. The molecular formula is C16H23BrN2. The Labute approximate surface area is 124 Å². The molecule has 0 saturated carbocycles. The minimum absolute atomic E-state index is 0.645. The van der Waals surface area contributed by atoms with E-state index in [1.165, 1.54) is 43.1 Å². The van der Waals surface area contributed by atoms with Gasteiger partial charge < -0.3 is 5.32 Å². The van der Waals surface area contributed by atoms with E-state index < -0.39 is 0 Å². The largest absolute Gasteiger partial charge is 0.318 e. The van der Waals surface area contributed by atoms with Gasteiger partial charge >= 0.3 is 0 Å². The number of likely N-dealkylation sites (tertiary alicyclic amines) is 1. The third kappa shape index (κ3) is 2.61. The van der Waals surface area contributed by atoms with Gasteiger partial charge in [0, 0.05) is 23.1 Å². The maximum absolute atomic E-state index is 3.71. The summed E-state index contributed by atoms with van der Waals surface area (Å²) in [4.78, 5) is 2.76. The second-order valence-electron chi connectivity index (χ2n) is 5.81. The minimum Gasteiger partial charge on any atom is -0.318 e. The van der Waals surface area contributed by atoms with Crippen molar-refractivity contribution >= 4 is 15.9 Å². The maximum atomic E-state index is 3.71. The number of likely N-dealkylation sites (N-methyl/N-ethyl adjacent to an activating group) is 1. The normalized spacial score (nSPS) is 27.5. The molecule has 1 aromatic rings. The molecule has 1 aliphatic carbocycles. The van der Waals surface area contributed by atoms with Crippen LogP contribution in [0.15, 0.2) is 22.7 Å². The van der Waals surface area contributed by atoms with Gasteiger partial charge in [-0.2, -0.15) is 0 Å². The number of fused-ring (bicyclic) bond motifs is 1. The number of nitrogens with one attached hydrogen (secondary N) is 1. The predicted molar refractivity (Wildman–Crippen MR) is 83.5 cm³/mol.